The normalized spacial score (nSPS) is 16.2. The number of carbonyl (C=O) groups excluding carboxylic acids is 1. The van der Waals surface area contributed by atoms with Crippen molar-refractivity contribution in [3.05, 3.63) is 57.8 Å². The van der Waals surface area contributed by atoms with Crippen LogP contribution in [0.4, 0.5) is 0 Å². The first-order chi connectivity index (χ1) is 11.7. The predicted molar refractivity (Wildman–Crippen MR) is 100 cm³/mol. The lowest BCUT2D eigenvalue weighted by atomic mass is 9.95. The molecule has 1 aromatic heterocycles. The van der Waals surface area contributed by atoms with Gasteiger partial charge < -0.3 is 5.32 Å². The number of rotatable bonds is 6. The van der Waals surface area contributed by atoms with E-state index in [2.05, 4.69) is 40.7 Å². The highest BCUT2D eigenvalue weighted by Crippen LogP contribution is 2.23. The Hall–Kier alpha value is -1.65. The SMILES string of the molecule is Cc1ccsc1CN1CCC(C(=O)NCCc2ccccc2)CC1. The fourth-order valence-corrected chi connectivity index (χ4v) is 4.19. The van der Waals surface area contributed by atoms with Crippen LogP contribution in [0, 0.1) is 12.8 Å². The third kappa shape index (κ3) is 4.68. The van der Waals surface area contributed by atoms with Crippen molar-refractivity contribution in [1.82, 2.24) is 10.2 Å². The van der Waals surface area contributed by atoms with Gasteiger partial charge in [0.15, 0.2) is 0 Å². The number of amides is 1. The van der Waals surface area contributed by atoms with E-state index in [0.29, 0.717) is 0 Å². The van der Waals surface area contributed by atoms with Crippen LogP contribution in [0.15, 0.2) is 41.8 Å². The molecule has 0 saturated carbocycles. The Morgan fingerprint density at radius 3 is 2.62 bits per heavy atom. The van der Waals surface area contributed by atoms with E-state index < -0.39 is 0 Å². The Morgan fingerprint density at radius 2 is 1.96 bits per heavy atom. The van der Waals surface area contributed by atoms with Crippen LogP contribution < -0.4 is 5.32 Å². The van der Waals surface area contributed by atoms with Gasteiger partial charge in [0, 0.05) is 23.9 Å². The molecule has 1 amide bonds. The first kappa shape index (κ1) is 17.2. The topological polar surface area (TPSA) is 32.3 Å². The molecule has 1 N–H and O–H groups in total. The van der Waals surface area contributed by atoms with Gasteiger partial charge in [-0.3, -0.25) is 9.69 Å². The van der Waals surface area contributed by atoms with Crippen molar-refractivity contribution in [3.63, 3.8) is 0 Å². The van der Waals surface area contributed by atoms with E-state index in [1.165, 1.54) is 16.0 Å². The molecule has 0 unspecified atom stereocenters. The van der Waals surface area contributed by atoms with Gasteiger partial charge in [-0.05, 0) is 61.8 Å². The van der Waals surface area contributed by atoms with Crippen LogP contribution in [0.3, 0.4) is 0 Å². The van der Waals surface area contributed by atoms with Crippen LogP contribution in [-0.4, -0.2) is 30.4 Å². The lowest BCUT2D eigenvalue weighted by Gasteiger charge is -2.31. The van der Waals surface area contributed by atoms with Crippen molar-refractivity contribution in [1.29, 1.82) is 0 Å². The Kier molecular flexibility index (Phi) is 6.05. The van der Waals surface area contributed by atoms with Crippen LogP contribution >= 0.6 is 11.3 Å². The quantitative estimate of drug-likeness (QED) is 0.869. The maximum absolute atomic E-state index is 12.3. The number of hydrogen-bond donors (Lipinski definition) is 1. The van der Waals surface area contributed by atoms with Crippen molar-refractivity contribution in [2.24, 2.45) is 5.92 Å². The van der Waals surface area contributed by atoms with Crippen LogP contribution in [0.25, 0.3) is 0 Å². The molecule has 0 atom stereocenters. The molecule has 0 spiro atoms. The summed E-state index contributed by atoms with van der Waals surface area (Å²) in [4.78, 5) is 16.3. The summed E-state index contributed by atoms with van der Waals surface area (Å²) in [5.41, 5.74) is 2.67. The highest BCUT2D eigenvalue weighted by atomic mass is 32.1. The first-order valence-electron chi connectivity index (χ1n) is 8.79. The number of piperidine rings is 1. The second kappa shape index (κ2) is 8.45. The molecule has 0 radical (unpaired) electrons. The molecule has 1 saturated heterocycles. The number of likely N-dealkylation sites (tertiary alicyclic amines) is 1. The molecule has 24 heavy (non-hydrogen) atoms. The zero-order valence-electron chi connectivity index (χ0n) is 14.3. The molecule has 1 aliphatic rings. The smallest absolute Gasteiger partial charge is 0.223 e. The Morgan fingerprint density at radius 1 is 1.21 bits per heavy atom. The molecule has 1 aromatic carbocycles. The maximum atomic E-state index is 12.3. The Bertz CT molecular complexity index is 645. The van der Waals surface area contributed by atoms with Gasteiger partial charge in [-0.25, -0.2) is 0 Å². The number of nitrogens with one attached hydrogen (secondary N) is 1. The number of nitrogens with zero attached hydrogens (tertiary/aromatic N) is 1. The first-order valence-corrected chi connectivity index (χ1v) is 9.67. The van der Waals surface area contributed by atoms with Crippen molar-refractivity contribution < 1.29 is 4.79 Å². The van der Waals surface area contributed by atoms with E-state index in [9.17, 15) is 4.79 Å². The average molecular weight is 343 g/mol. The summed E-state index contributed by atoms with van der Waals surface area (Å²) in [6, 6.07) is 12.5. The van der Waals surface area contributed by atoms with Crippen molar-refractivity contribution in [2.75, 3.05) is 19.6 Å². The van der Waals surface area contributed by atoms with Crippen molar-refractivity contribution in [2.45, 2.75) is 32.7 Å². The third-order valence-corrected chi connectivity index (χ3v) is 5.86. The van der Waals surface area contributed by atoms with Gasteiger partial charge in [0.1, 0.15) is 0 Å². The summed E-state index contributed by atoms with van der Waals surface area (Å²) in [5.74, 6) is 0.416. The van der Waals surface area contributed by atoms with Gasteiger partial charge in [-0.1, -0.05) is 30.3 Å². The summed E-state index contributed by atoms with van der Waals surface area (Å²) in [5, 5.41) is 5.28. The van der Waals surface area contributed by atoms with E-state index in [-0.39, 0.29) is 11.8 Å². The van der Waals surface area contributed by atoms with Crippen LogP contribution in [0.2, 0.25) is 0 Å². The molecule has 0 aliphatic carbocycles. The Labute approximate surface area is 148 Å². The molecule has 4 heteroatoms. The summed E-state index contributed by atoms with van der Waals surface area (Å²) in [6.45, 7) is 5.99. The molecule has 3 nitrogen and oxygen atoms in total. The highest BCUT2D eigenvalue weighted by Gasteiger charge is 2.25. The predicted octanol–water partition coefficient (Wildman–Crippen LogP) is 3.63. The highest BCUT2D eigenvalue weighted by molar-refractivity contribution is 7.10. The molecule has 0 bridgehead atoms. The minimum Gasteiger partial charge on any atom is -0.356 e. The zero-order chi connectivity index (χ0) is 16.8. The van der Waals surface area contributed by atoms with E-state index in [1.54, 1.807) is 0 Å². The second-order valence-electron chi connectivity index (χ2n) is 6.60. The van der Waals surface area contributed by atoms with Crippen molar-refractivity contribution in [3.8, 4) is 0 Å². The van der Waals surface area contributed by atoms with E-state index >= 15 is 0 Å². The van der Waals surface area contributed by atoms with E-state index in [0.717, 1.165) is 45.4 Å². The molecular weight excluding hydrogens is 316 g/mol. The summed E-state index contributed by atoms with van der Waals surface area (Å²) in [6.07, 6.45) is 2.85. The van der Waals surface area contributed by atoms with Crippen LogP contribution in [-0.2, 0) is 17.8 Å². The number of thiophene rings is 1. The standard InChI is InChI=1S/C20H26N2OS/c1-16-10-14-24-19(16)15-22-12-8-18(9-13-22)20(23)21-11-7-17-5-3-2-4-6-17/h2-6,10,14,18H,7-9,11-13,15H2,1H3,(H,21,23). The van der Waals surface area contributed by atoms with Gasteiger partial charge in [0.25, 0.3) is 0 Å². The van der Waals surface area contributed by atoms with Crippen molar-refractivity contribution >= 4 is 17.2 Å². The average Bonchev–Trinajstić information content (AvgIpc) is 3.01. The second-order valence-corrected chi connectivity index (χ2v) is 7.60. The summed E-state index contributed by atoms with van der Waals surface area (Å²) < 4.78 is 0. The molecule has 2 aromatic rings. The van der Waals surface area contributed by atoms with E-state index in [1.807, 2.05) is 29.5 Å². The van der Waals surface area contributed by atoms with Gasteiger partial charge in [0.05, 0.1) is 0 Å². The maximum Gasteiger partial charge on any atom is 0.223 e. The van der Waals surface area contributed by atoms with E-state index in [4.69, 9.17) is 0 Å². The van der Waals surface area contributed by atoms with Crippen LogP contribution in [0.1, 0.15) is 28.8 Å². The molecular formula is C20H26N2OS. The molecule has 2 heterocycles. The van der Waals surface area contributed by atoms with Gasteiger partial charge in [0.2, 0.25) is 5.91 Å². The van der Waals surface area contributed by atoms with Crippen LogP contribution in [0.5, 0.6) is 0 Å². The summed E-state index contributed by atoms with van der Waals surface area (Å²) in [7, 11) is 0. The molecule has 1 fully saturated rings. The minimum atomic E-state index is 0.182. The number of benzene rings is 1. The van der Waals surface area contributed by atoms with Gasteiger partial charge in [-0.15, -0.1) is 11.3 Å². The molecule has 3 rings (SSSR count). The third-order valence-electron chi connectivity index (χ3n) is 4.85. The molecule has 1 aliphatic heterocycles. The molecule has 128 valence electrons. The number of carbonyl (C=O) groups is 1. The monoisotopic (exact) mass is 342 g/mol. The number of hydrogen-bond acceptors (Lipinski definition) is 3. The fourth-order valence-electron chi connectivity index (χ4n) is 3.24. The minimum absolute atomic E-state index is 0.182. The largest absolute Gasteiger partial charge is 0.356 e. The van der Waals surface area contributed by atoms with Gasteiger partial charge in [-0.2, -0.15) is 0 Å². The number of aryl methyl sites for hydroxylation is 1. The Balaban J connectivity index is 1.38. The zero-order valence-corrected chi connectivity index (χ0v) is 15.1. The lowest BCUT2D eigenvalue weighted by molar-refractivity contribution is -0.126. The summed E-state index contributed by atoms with van der Waals surface area (Å²) >= 11 is 1.84. The lowest BCUT2D eigenvalue weighted by Crippen LogP contribution is -2.40. The van der Waals surface area contributed by atoms with Gasteiger partial charge >= 0.3 is 0 Å². The fraction of sp³-hybridized carbons (Fsp3) is 0.450.